The molecule has 0 saturated heterocycles. The monoisotopic (exact) mass is 404 g/mol. The molecule has 4 aromatic heterocycles. The number of rotatable bonds is 3. The highest BCUT2D eigenvalue weighted by atomic mass is 19.4. The van der Waals surface area contributed by atoms with E-state index >= 15 is 0 Å². The quantitative estimate of drug-likeness (QED) is 0.539. The number of aliphatic hydroxyl groups excluding tert-OH is 1. The molecule has 150 valence electrons. The molecule has 0 bridgehead atoms. The standard InChI is InChI=1S/C18H15F3N6O2/c1-8-5-10(6-12(23-8)18(19,20)21)14-15(11-4-3-9(2)29-11)25-17(22)27-16(14)24-13(7-28)26-27/h3-6,28H,7H2,1-2H3,(H2,22,25). The number of hydrogen-bond donors (Lipinski definition) is 2. The largest absolute Gasteiger partial charge is 0.460 e. The van der Waals surface area contributed by atoms with Gasteiger partial charge < -0.3 is 15.3 Å². The number of hydrogen-bond acceptors (Lipinski definition) is 7. The van der Waals surface area contributed by atoms with E-state index in [2.05, 4.69) is 20.1 Å². The second-order valence-corrected chi connectivity index (χ2v) is 6.41. The van der Waals surface area contributed by atoms with Crippen LogP contribution in [0.25, 0.3) is 28.2 Å². The Morgan fingerprint density at radius 3 is 2.52 bits per heavy atom. The molecule has 3 N–H and O–H groups in total. The highest BCUT2D eigenvalue weighted by molar-refractivity contribution is 5.89. The van der Waals surface area contributed by atoms with E-state index in [0.717, 1.165) is 6.07 Å². The lowest BCUT2D eigenvalue weighted by Gasteiger charge is -2.13. The van der Waals surface area contributed by atoms with Gasteiger partial charge in [-0.25, -0.2) is 15.0 Å². The average molecular weight is 404 g/mol. The number of halogens is 3. The number of nitrogens with zero attached hydrogens (tertiary/aromatic N) is 5. The summed E-state index contributed by atoms with van der Waals surface area (Å²) in [5, 5.41) is 13.4. The lowest BCUT2D eigenvalue weighted by atomic mass is 10.0. The molecule has 0 radical (unpaired) electrons. The van der Waals surface area contributed by atoms with Crippen LogP contribution in [-0.4, -0.2) is 29.7 Å². The summed E-state index contributed by atoms with van der Waals surface area (Å²) >= 11 is 0. The first-order valence-corrected chi connectivity index (χ1v) is 8.46. The van der Waals surface area contributed by atoms with Gasteiger partial charge in [-0.2, -0.15) is 17.7 Å². The van der Waals surface area contributed by atoms with Crippen molar-refractivity contribution >= 4 is 11.6 Å². The molecule has 4 aromatic rings. The fourth-order valence-electron chi connectivity index (χ4n) is 3.03. The van der Waals surface area contributed by atoms with Crippen molar-refractivity contribution in [1.82, 2.24) is 24.6 Å². The van der Waals surface area contributed by atoms with Gasteiger partial charge in [0.1, 0.15) is 23.8 Å². The summed E-state index contributed by atoms with van der Waals surface area (Å²) in [7, 11) is 0. The lowest BCUT2D eigenvalue weighted by Crippen LogP contribution is -2.10. The Labute approximate surface area is 161 Å². The minimum atomic E-state index is -4.64. The van der Waals surface area contributed by atoms with Gasteiger partial charge in [-0.1, -0.05) is 0 Å². The number of anilines is 1. The average Bonchev–Trinajstić information content (AvgIpc) is 3.26. The molecule has 0 unspecified atom stereocenters. The van der Waals surface area contributed by atoms with Crippen molar-refractivity contribution in [2.45, 2.75) is 26.6 Å². The highest BCUT2D eigenvalue weighted by Gasteiger charge is 2.34. The van der Waals surface area contributed by atoms with Crippen LogP contribution >= 0.6 is 0 Å². The number of aliphatic hydroxyl groups is 1. The van der Waals surface area contributed by atoms with Gasteiger partial charge in [-0.3, -0.25) is 0 Å². The van der Waals surface area contributed by atoms with Gasteiger partial charge in [0.25, 0.3) is 0 Å². The van der Waals surface area contributed by atoms with E-state index in [1.807, 2.05) is 0 Å². The van der Waals surface area contributed by atoms with Crippen molar-refractivity contribution in [2.24, 2.45) is 0 Å². The third kappa shape index (κ3) is 3.29. The topological polar surface area (TPSA) is 115 Å². The van der Waals surface area contributed by atoms with E-state index in [4.69, 9.17) is 10.2 Å². The van der Waals surface area contributed by atoms with Crippen LogP contribution in [0.5, 0.6) is 0 Å². The fourth-order valence-corrected chi connectivity index (χ4v) is 3.03. The Hall–Kier alpha value is -3.47. The molecule has 0 aliphatic rings. The van der Waals surface area contributed by atoms with E-state index in [1.54, 1.807) is 19.1 Å². The van der Waals surface area contributed by atoms with Gasteiger partial charge in [0.05, 0.1) is 5.56 Å². The zero-order valence-electron chi connectivity index (χ0n) is 15.3. The Bertz CT molecular complexity index is 1230. The molecule has 0 spiro atoms. The number of nitrogen functional groups attached to an aromatic ring is 1. The first kappa shape index (κ1) is 18.9. The SMILES string of the molecule is Cc1cc(-c2c(-c3ccc(C)o3)nc(N)n3nc(CO)nc23)cc(C(F)(F)F)n1. The van der Waals surface area contributed by atoms with Gasteiger partial charge in [-0.05, 0) is 43.7 Å². The first-order chi connectivity index (χ1) is 13.7. The van der Waals surface area contributed by atoms with Crippen molar-refractivity contribution in [3.05, 3.63) is 47.2 Å². The zero-order chi connectivity index (χ0) is 20.9. The molecule has 0 aliphatic carbocycles. The van der Waals surface area contributed by atoms with E-state index in [0.29, 0.717) is 11.5 Å². The Balaban J connectivity index is 2.11. The molecule has 4 heterocycles. The summed E-state index contributed by atoms with van der Waals surface area (Å²) in [4.78, 5) is 12.1. The molecule has 11 heteroatoms. The maximum absolute atomic E-state index is 13.3. The van der Waals surface area contributed by atoms with Gasteiger partial charge in [-0.15, -0.1) is 5.10 Å². The molecule has 29 heavy (non-hydrogen) atoms. The summed E-state index contributed by atoms with van der Waals surface area (Å²) in [6.45, 7) is 2.71. The number of alkyl halides is 3. The summed E-state index contributed by atoms with van der Waals surface area (Å²) < 4.78 is 46.8. The number of nitrogens with two attached hydrogens (primary N) is 1. The number of aromatic nitrogens is 5. The van der Waals surface area contributed by atoms with Crippen molar-refractivity contribution < 1.29 is 22.7 Å². The molecule has 4 rings (SSSR count). The summed E-state index contributed by atoms with van der Waals surface area (Å²) in [6, 6.07) is 5.73. The van der Waals surface area contributed by atoms with Crippen molar-refractivity contribution in [1.29, 1.82) is 0 Å². The molecular weight excluding hydrogens is 389 g/mol. The number of fused-ring (bicyclic) bond motifs is 1. The van der Waals surface area contributed by atoms with Crippen LogP contribution in [0.3, 0.4) is 0 Å². The van der Waals surface area contributed by atoms with Crippen LogP contribution < -0.4 is 5.73 Å². The maximum atomic E-state index is 13.3. The molecular formula is C18H15F3N6O2. The Morgan fingerprint density at radius 2 is 1.90 bits per heavy atom. The van der Waals surface area contributed by atoms with Crippen LogP contribution in [0.2, 0.25) is 0 Å². The minimum absolute atomic E-state index is 0.0503. The van der Waals surface area contributed by atoms with E-state index in [9.17, 15) is 18.3 Å². The van der Waals surface area contributed by atoms with Crippen LogP contribution in [0, 0.1) is 13.8 Å². The van der Waals surface area contributed by atoms with Crippen LogP contribution in [0.1, 0.15) is 23.0 Å². The second kappa shape index (κ2) is 6.55. The van der Waals surface area contributed by atoms with E-state index in [-0.39, 0.29) is 39.9 Å². The minimum Gasteiger partial charge on any atom is -0.460 e. The Morgan fingerprint density at radius 1 is 1.14 bits per heavy atom. The lowest BCUT2D eigenvalue weighted by molar-refractivity contribution is -0.141. The van der Waals surface area contributed by atoms with Gasteiger partial charge in [0, 0.05) is 5.69 Å². The van der Waals surface area contributed by atoms with Gasteiger partial charge in [0.15, 0.2) is 17.2 Å². The van der Waals surface area contributed by atoms with Crippen LogP contribution in [0.15, 0.2) is 28.7 Å². The van der Waals surface area contributed by atoms with E-state index < -0.39 is 18.5 Å². The smallest absolute Gasteiger partial charge is 0.433 e. The van der Waals surface area contributed by atoms with Crippen molar-refractivity contribution in [2.75, 3.05) is 5.73 Å². The van der Waals surface area contributed by atoms with Crippen LogP contribution in [-0.2, 0) is 12.8 Å². The molecule has 0 amide bonds. The third-order valence-corrected chi connectivity index (χ3v) is 4.20. The maximum Gasteiger partial charge on any atom is 0.433 e. The molecule has 8 nitrogen and oxygen atoms in total. The Kier molecular flexibility index (Phi) is 4.26. The summed E-state index contributed by atoms with van der Waals surface area (Å²) in [5.41, 5.74) is 5.84. The first-order valence-electron chi connectivity index (χ1n) is 8.46. The van der Waals surface area contributed by atoms with Crippen LogP contribution in [0.4, 0.5) is 19.1 Å². The van der Waals surface area contributed by atoms with E-state index in [1.165, 1.54) is 17.5 Å². The van der Waals surface area contributed by atoms with Crippen molar-refractivity contribution in [3.8, 4) is 22.6 Å². The second-order valence-electron chi connectivity index (χ2n) is 6.41. The summed E-state index contributed by atoms with van der Waals surface area (Å²) in [5.74, 6) is 0.894. The normalized spacial score (nSPS) is 12.1. The molecule has 0 saturated carbocycles. The third-order valence-electron chi connectivity index (χ3n) is 4.20. The number of aryl methyl sites for hydroxylation is 2. The summed E-state index contributed by atoms with van der Waals surface area (Å²) in [6.07, 6.45) is -4.64. The van der Waals surface area contributed by atoms with Crippen molar-refractivity contribution in [3.63, 3.8) is 0 Å². The number of furan rings is 1. The molecule has 0 aliphatic heterocycles. The highest BCUT2D eigenvalue weighted by Crippen LogP contribution is 2.38. The van der Waals surface area contributed by atoms with Gasteiger partial charge in [0.2, 0.25) is 5.95 Å². The zero-order valence-corrected chi connectivity index (χ0v) is 15.3. The predicted octanol–water partition coefficient (Wildman–Crippen LogP) is 3.16. The number of pyridine rings is 1. The molecule has 0 aromatic carbocycles. The van der Waals surface area contributed by atoms with Gasteiger partial charge >= 0.3 is 6.18 Å². The fraction of sp³-hybridized carbons (Fsp3) is 0.222. The predicted molar refractivity (Wildman–Crippen MR) is 96.5 cm³/mol. The molecule has 0 fully saturated rings. The molecule has 0 atom stereocenters.